The molecule has 0 aromatic carbocycles. The Kier molecular flexibility index (Phi) is 5.85. The van der Waals surface area contributed by atoms with Crippen LogP contribution < -0.4 is 5.32 Å². The lowest BCUT2D eigenvalue weighted by Crippen LogP contribution is -2.61. The fourth-order valence-electron chi connectivity index (χ4n) is 3.55. The molecule has 0 radical (unpaired) electrons. The molecule has 0 aromatic rings. The minimum Gasteiger partial charge on any atom is -0.311 e. The second kappa shape index (κ2) is 7.19. The highest BCUT2D eigenvalue weighted by Crippen LogP contribution is 2.25. The zero-order chi connectivity index (χ0) is 13.8. The lowest BCUT2D eigenvalue weighted by Gasteiger charge is -2.47. The third-order valence-corrected chi connectivity index (χ3v) is 6.09. The Hall–Kier alpha value is 0.0700. The van der Waals surface area contributed by atoms with E-state index in [2.05, 4.69) is 31.0 Å². The van der Waals surface area contributed by atoms with Gasteiger partial charge in [0, 0.05) is 53.5 Å². The molecular formula is C15H30N2OS. The topological polar surface area (TPSA) is 32.3 Å². The van der Waals surface area contributed by atoms with Crippen LogP contribution in [0.25, 0.3) is 0 Å². The van der Waals surface area contributed by atoms with Gasteiger partial charge in [0.25, 0.3) is 0 Å². The summed E-state index contributed by atoms with van der Waals surface area (Å²) in [6, 6.07) is 1.99. The van der Waals surface area contributed by atoms with Crippen molar-refractivity contribution in [3.05, 3.63) is 0 Å². The Bertz CT molecular complexity index is 299. The van der Waals surface area contributed by atoms with Crippen LogP contribution in [0.4, 0.5) is 0 Å². The first-order valence-electron chi connectivity index (χ1n) is 7.96. The van der Waals surface area contributed by atoms with Crippen LogP contribution >= 0.6 is 0 Å². The quantitative estimate of drug-likeness (QED) is 0.858. The molecule has 3 nitrogen and oxygen atoms in total. The van der Waals surface area contributed by atoms with Crippen molar-refractivity contribution in [2.45, 2.75) is 64.6 Å². The fraction of sp³-hybridized carbons (Fsp3) is 1.00. The fourth-order valence-corrected chi connectivity index (χ4v) is 4.83. The van der Waals surface area contributed by atoms with E-state index >= 15 is 0 Å². The Balaban J connectivity index is 2.00. The molecule has 2 saturated heterocycles. The Labute approximate surface area is 121 Å². The lowest BCUT2D eigenvalue weighted by atomic mass is 9.93. The van der Waals surface area contributed by atoms with Gasteiger partial charge in [0.1, 0.15) is 0 Å². The highest BCUT2D eigenvalue weighted by molar-refractivity contribution is 7.85. The highest BCUT2D eigenvalue weighted by Gasteiger charge is 2.35. The van der Waals surface area contributed by atoms with Crippen LogP contribution in [-0.4, -0.2) is 51.8 Å². The second-order valence-corrected chi connectivity index (χ2v) is 8.18. The maximum Gasteiger partial charge on any atom is 0.0249 e. The summed E-state index contributed by atoms with van der Waals surface area (Å²) in [6.45, 7) is 9.25. The molecule has 0 aromatic heterocycles. The number of hydrogen-bond acceptors (Lipinski definition) is 3. The molecule has 2 aliphatic heterocycles. The summed E-state index contributed by atoms with van der Waals surface area (Å²) in [4.78, 5) is 2.75. The lowest BCUT2D eigenvalue weighted by molar-refractivity contribution is 0.0493. The van der Waals surface area contributed by atoms with Gasteiger partial charge in [0.15, 0.2) is 0 Å². The Morgan fingerprint density at radius 1 is 1.32 bits per heavy atom. The Morgan fingerprint density at radius 2 is 2.00 bits per heavy atom. The molecule has 112 valence electrons. The monoisotopic (exact) mass is 286 g/mol. The van der Waals surface area contributed by atoms with Crippen molar-refractivity contribution in [3.63, 3.8) is 0 Å². The van der Waals surface area contributed by atoms with Crippen LogP contribution in [0.3, 0.4) is 0 Å². The molecule has 0 saturated carbocycles. The number of nitrogens with zero attached hydrogens (tertiary/aromatic N) is 1. The van der Waals surface area contributed by atoms with Crippen LogP contribution in [0.2, 0.25) is 0 Å². The maximum absolute atomic E-state index is 11.6. The summed E-state index contributed by atoms with van der Waals surface area (Å²) in [5, 5.41) is 3.73. The first kappa shape index (κ1) is 15.5. The summed E-state index contributed by atoms with van der Waals surface area (Å²) in [7, 11) is -0.542. The predicted octanol–water partition coefficient (Wildman–Crippen LogP) is 2.00. The smallest absolute Gasteiger partial charge is 0.0249 e. The van der Waals surface area contributed by atoms with Gasteiger partial charge < -0.3 is 5.32 Å². The standard InChI is InChI=1S/C15H30N2OS/c1-4-5-13-11-17(15(10-16-13)12(2)3)14-6-8-19(18)9-7-14/h12-16H,4-11H2,1-3H3. The van der Waals surface area contributed by atoms with Gasteiger partial charge in [-0.05, 0) is 25.2 Å². The van der Waals surface area contributed by atoms with Gasteiger partial charge in [-0.1, -0.05) is 27.2 Å². The molecule has 2 unspecified atom stereocenters. The zero-order valence-electron chi connectivity index (χ0n) is 12.7. The third kappa shape index (κ3) is 4.02. The normalized spacial score (nSPS) is 37.7. The molecule has 0 spiro atoms. The van der Waals surface area contributed by atoms with Crippen LogP contribution in [0.1, 0.15) is 46.5 Å². The molecule has 4 heteroatoms. The van der Waals surface area contributed by atoms with E-state index in [0.717, 1.165) is 30.9 Å². The van der Waals surface area contributed by atoms with Gasteiger partial charge in [-0.25, -0.2) is 0 Å². The molecule has 0 amide bonds. The van der Waals surface area contributed by atoms with E-state index in [1.54, 1.807) is 0 Å². The van der Waals surface area contributed by atoms with E-state index in [1.165, 1.54) is 19.4 Å². The molecule has 0 bridgehead atoms. The summed E-state index contributed by atoms with van der Waals surface area (Å²) < 4.78 is 11.6. The average molecular weight is 286 g/mol. The number of hydrogen-bond donors (Lipinski definition) is 1. The molecule has 19 heavy (non-hydrogen) atoms. The van der Waals surface area contributed by atoms with Crippen molar-refractivity contribution < 1.29 is 4.21 Å². The van der Waals surface area contributed by atoms with E-state index in [0.29, 0.717) is 24.0 Å². The van der Waals surface area contributed by atoms with Gasteiger partial charge >= 0.3 is 0 Å². The highest BCUT2D eigenvalue weighted by atomic mass is 32.2. The maximum atomic E-state index is 11.6. The van der Waals surface area contributed by atoms with E-state index in [1.807, 2.05) is 0 Å². The first-order valence-corrected chi connectivity index (χ1v) is 9.44. The number of piperazine rings is 1. The summed E-state index contributed by atoms with van der Waals surface area (Å²) in [5.74, 6) is 2.53. The van der Waals surface area contributed by atoms with Crippen molar-refractivity contribution in [3.8, 4) is 0 Å². The van der Waals surface area contributed by atoms with Gasteiger partial charge in [-0.2, -0.15) is 0 Å². The SMILES string of the molecule is CCCC1CN(C2CCS(=O)CC2)C(C(C)C)CN1. The van der Waals surface area contributed by atoms with Crippen LogP contribution in [0, 0.1) is 5.92 Å². The van der Waals surface area contributed by atoms with Crippen LogP contribution in [0.15, 0.2) is 0 Å². The summed E-state index contributed by atoms with van der Waals surface area (Å²) in [6.07, 6.45) is 4.80. The van der Waals surface area contributed by atoms with Gasteiger partial charge in [-0.3, -0.25) is 9.11 Å². The molecule has 2 atom stereocenters. The number of rotatable bonds is 4. The zero-order valence-corrected chi connectivity index (χ0v) is 13.5. The Morgan fingerprint density at radius 3 is 2.58 bits per heavy atom. The molecular weight excluding hydrogens is 256 g/mol. The van der Waals surface area contributed by atoms with Gasteiger partial charge in [-0.15, -0.1) is 0 Å². The molecule has 2 rings (SSSR count). The van der Waals surface area contributed by atoms with Crippen molar-refractivity contribution in [1.29, 1.82) is 0 Å². The number of nitrogens with one attached hydrogen (secondary N) is 1. The minimum absolute atomic E-state index is 0.542. The average Bonchev–Trinajstić information content (AvgIpc) is 2.39. The van der Waals surface area contributed by atoms with Gasteiger partial charge in [0.2, 0.25) is 0 Å². The molecule has 2 fully saturated rings. The van der Waals surface area contributed by atoms with E-state index < -0.39 is 10.8 Å². The van der Waals surface area contributed by atoms with E-state index in [-0.39, 0.29) is 0 Å². The van der Waals surface area contributed by atoms with E-state index in [4.69, 9.17) is 0 Å². The van der Waals surface area contributed by atoms with Crippen LogP contribution in [0.5, 0.6) is 0 Å². The molecule has 2 heterocycles. The third-order valence-electron chi connectivity index (χ3n) is 4.71. The predicted molar refractivity (Wildman–Crippen MR) is 82.9 cm³/mol. The van der Waals surface area contributed by atoms with Crippen molar-refractivity contribution >= 4 is 10.8 Å². The van der Waals surface area contributed by atoms with Crippen molar-refractivity contribution in [2.24, 2.45) is 5.92 Å². The summed E-state index contributed by atoms with van der Waals surface area (Å²) >= 11 is 0. The van der Waals surface area contributed by atoms with Crippen molar-refractivity contribution in [2.75, 3.05) is 24.6 Å². The second-order valence-electron chi connectivity index (χ2n) is 6.48. The first-order chi connectivity index (χ1) is 9.11. The largest absolute Gasteiger partial charge is 0.311 e. The minimum atomic E-state index is -0.542. The van der Waals surface area contributed by atoms with Crippen molar-refractivity contribution in [1.82, 2.24) is 10.2 Å². The van der Waals surface area contributed by atoms with Gasteiger partial charge in [0.05, 0.1) is 0 Å². The summed E-state index contributed by atoms with van der Waals surface area (Å²) in [5.41, 5.74) is 0. The molecule has 1 N–H and O–H groups in total. The molecule has 0 aliphatic carbocycles. The van der Waals surface area contributed by atoms with E-state index in [9.17, 15) is 4.21 Å². The molecule has 2 aliphatic rings. The van der Waals surface area contributed by atoms with Crippen LogP contribution in [-0.2, 0) is 10.8 Å².